The summed E-state index contributed by atoms with van der Waals surface area (Å²) in [4.78, 5) is 52.8. The third kappa shape index (κ3) is 9.44. The number of carboxylic acids is 1. The van der Waals surface area contributed by atoms with E-state index < -0.39 is 46.9 Å². The van der Waals surface area contributed by atoms with Gasteiger partial charge in [-0.2, -0.15) is 0 Å². The lowest BCUT2D eigenvalue weighted by molar-refractivity contribution is -0.266. The monoisotopic (exact) mass is 633 g/mol. The van der Waals surface area contributed by atoms with Crippen LogP contribution in [0.1, 0.15) is 86.5 Å². The molecule has 0 aromatic rings. The Morgan fingerprint density at radius 3 is 2.33 bits per heavy atom. The summed E-state index contributed by atoms with van der Waals surface area (Å²) in [5.41, 5.74) is -0.595. The average Bonchev–Trinajstić information content (AvgIpc) is 3.00. The van der Waals surface area contributed by atoms with Gasteiger partial charge < -0.3 is 29.3 Å². The highest BCUT2D eigenvalue weighted by Gasteiger charge is 2.57. The van der Waals surface area contributed by atoms with Crippen LogP contribution < -0.4 is 0 Å². The van der Waals surface area contributed by atoms with Crippen LogP contribution in [0.5, 0.6) is 0 Å². The predicted octanol–water partition coefficient (Wildman–Crippen LogP) is 4.89. The summed E-state index contributed by atoms with van der Waals surface area (Å²) in [7, 11) is 3.10. The molecule has 0 saturated carbocycles. The van der Waals surface area contributed by atoms with Crippen molar-refractivity contribution in [3.63, 3.8) is 0 Å². The van der Waals surface area contributed by atoms with E-state index in [1.807, 2.05) is 44.2 Å². The molecular formula is C35H55NO9. The minimum Gasteiger partial charge on any atom is -0.479 e. The first-order chi connectivity index (χ1) is 21.1. The lowest BCUT2D eigenvalue weighted by Gasteiger charge is -2.48. The Balaban J connectivity index is 2.09. The van der Waals surface area contributed by atoms with Crippen molar-refractivity contribution >= 4 is 23.4 Å². The zero-order valence-corrected chi connectivity index (χ0v) is 28.4. The van der Waals surface area contributed by atoms with E-state index in [1.54, 1.807) is 27.9 Å². The van der Waals surface area contributed by atoms with Crippen LogP contribution in [-0.2, 0) is 33.4 Å². The quantitative estimate of drug-likeness (QED) is 0.180. The Labute approximate surface area is 268 Å². The van der Waals surface area contributed by atoms with Crippen molar-refractivity contribution in [1.29, 1.82) is 0 Å². The number of ether oxygens (including phenoxy) is 3. The van der Waals surface area contributed by atoms with Gasteiger partial charge in [0.25, 0.3) is 11.7 Å². The number of allylic oxidation sites excluding steroid dienone is 5. The van der Waals surface area contributed by atoms with Gasteiger partial charge in [0.15, 0.2) is 5.78 Å². The highest BCUT2D eigenvalue weighted by Crippen LogP contribution is 2.39. The first-order valence-electron chi connectivity index (χ1n) is 16.2. The highest BCUT2D eigenvalue weighted by atomic mass is 16.6. The number of carbonyl (C=O) groups excluding carboxylic acids is 3. The van der Waals surface area contributed by atoms with Gasteiger partial charge >= 0.3 is 5.97 Å². The lowest BCUT2D eigenvalue weighted by Crippen LogP contribution is -2.66. The topological polar surface area (TPSA) is 140 Å². The first kappa shape index (κ1) is 38.5. The zero-order chi connectivity index (χ0) is 33.9. The van der Waals surface area contributed by atoms with Crippen molar-refractivity contribution in [2.75, 3.05) is 27.4 Å². The van der Waals surface area contributed by atoms with Gasteiger partial charge in [0, 0.05) is 39.0 Å². The molecule has 0 radical (unpaired) electrons. The Bertz CT molecular complexity index is 1130. The molecule has 0 aromatic heterocycles. The third-order valence-electron chi connectivity index (χ3n) is 9.55. The smallest absolute Gasteiger partial charge is 0.329 e. The molecule has 2 fully saturated rings. The second-order valence-electron chi connectivity index (χ2n) is 13.2. The van der Waals surface area contributed by atoms with Gasteiger partial charge in [-0.15, -0.1) is 0 Å². The van der Waals surface area contributed by atoms with E-state index >= 15 is 0 Å². The molecule has 254 valence electrons. The number of carbonyl (C=O) groups is 4. The minimum atomic E-state index is -2.36. The van der Waals surface area contributed by atoms with E-state index in [4.69, 9.17) is 14.2 Å². The molecule has 45 heavy (non-hydrogen) atoms. The molecule has 10 nitrogen and oxygen atoms in total. The molecule has 0 aliphatic carbocycles. The number of aliphatic carboxylic acids is 1. The summed E-state index contributed by atoms with van der Waals surface area (Å²) in [6.07, 6.45) is 12.4. The van der Waals surface area contributed by atoms with Crippen molar-refractivity contribution < 1.29 is 43.6 Å². The summed E-state index contributed by atoms with van der Waals surface area (Å²) in [5, 5.41) is 21.7. The summed E-state index contributed by atoms with van der Waals surface area (Å²) < 4.78 is 16.7. The van der Waals surface area contributed by atoms with Crippen molar-refractivity contribution in [2.24, 2.45) is 23.7 Å². The number of carboxylic acid groups (broad SMARTS) is 1. The average molecular weight is 634 g/mol. The molecule has 7 atom stereocenters. The second-order valence-corrected chi connectivity index (χ2v) is 13.2. The van der Waals surface area contributed by atoms with Crippen LogP contribution in [0.15, 0.2) is 36.0 Å². The fraction of sp³-hybridized carbons (Fsp3) is 0.714. The van der Waals surface area contributed by atoms with E-state index in [2.05, 4.69) is 6.92 Å². The van der Waals surface area contributed by atoms with Gasteiger partial charge in [0.1, 0.15) is 12.1 Å². The minimum absolute atomic E-state index is 0.0719. The SMILES string of the molecule is COCC(=O)[C@H](C)C[C@H](C)C=CC=CC=C(C)[C@H](C[C@@H]1CC[C@@H](C)[C@](O)(C(=O)C(=O)N2CCCCC2(C(=O)O)C(C)C)O1)OC. The van der Waals surface area contributed by atoms with Crippen LogP contribution in [0.4, 0.5) is 0 Å². The van der Waals surface area contributed by atoms with E-state index in [0.29, 0.717) is 32.1 Å². The van der Waals surface area contributed by atoms with Crippen LogP contribution in [0.25, 0.3) is 0 Å². The Kier molecular flexibility index (Phi) is 14.8. The van der Waals surface area contributed by atoms with Crippen molar-refractivity contribution in [1.82, 2.24) is 4.90 Å². The number of methoxy groups -OCH3 is 2. The standard InChI is InChI=1S/C35H55NO9/c1-23(2)34(33(40)41)18-12-13-19-36(34)32(39)31(38)35(42)27(6)16-17-28(45-35)21-30(44-8)25(4)15-11-9-10-14-24(3)20-26(5)29(37)22-43-7/h9-11,14-15,23-24,26-28,30,42H,12-13,16-22H2,1-8H3,(H,40,41)/t24-,26-,27-,28+,30+,34?,35-/m1/s1. The zero-order valence-electron chi connectivity index (χ0n) is 28.4. The normalized spacial score (nSPS) is 28.4. The largest absolute Gasteiger partial charge is 0.479 e. The van der Waals surface area contributed by atoms with E-state index in [-0.39, 0.29) is 43.3 Å². The number of ketones is 2. The van der Waals surface area contributed by atoms with Crippen LogP contribution in [-0.4, -0.2) is 89.5 Å². The third-order valence-corrected chi connectivity index (χ3v) is 9.55. The number of amides is 1. The van der Waals surface area contributed by atoms with Crippen LogP contribution >= 0.6 is 0 Å². The van der Waals surface area contributed by atoms with Crippen LogP contribution in [0.2, 0.25) is 0 Å². The summed E-state index contributed by atoms with van der Waals surface area (Å²) in [6, 6.07) is 0. The fourth-order valence-electron chi connectivity index (χ4n) is 6.52. The van der Waals surface area contributed by atoms with Crippen LogP contribution in [0.3, 0.4) is 0 Å². The molecule has 0 aromatic carbocycles. The molecule has 0 spiro atoms. The Hall–Kier alpha value is -2.66. The molecule has 2 rings (SSSR count). The fourth-order valence-corrected chi connectivity index (χ4v) is 6.52. The number of hydrogen-bond donors (Lipinski definition) is 2. The van der Waals surface area contributed by atoms with Gasteiger partial charge in [0.2, 0.25) is 5.79 Å². The molecule has 1 unspecified atom stereocenters. The number of rotatable bonds is 16. The maximum atomic E-state index is 13.6. The molecule has 2 saturated heterocycles. The van der Waals surface area contributed by atoms with Gasteiger partial charge in [0.05, 0.1) is 12.2 Å². The second kappa shape index (κ2) is 17.3. The van der Waals surface area contributed by atoms with Crippen LogP contribution in [0, 0.1) is 23.7 Å². The molecular weight excluding hydrogens is 578 g/mol. The first-order valence-corrected chi connectivity index (χ1v) is 16.2. The van der Waals surface area contributed by atoms with Crippen molar-refractivity contribution in [3.8, 4) is 0 Å². The van der Waals surface area contributed by atoms with E-state index in [9.17, 15) is 29.4 Å². The van der Waals surface area contributed by atoms with E-state index in [1.165, 1.54) is 7.11 Å². The molecule has 1 amide bonds. The molecule has 10 heteroatoms. The van der Waals surface area contributed by atoms with Gasteiger partial charge in [-0.3, -0.25) is 14.4 Å². The lowest BCUT2D eigenvalue weighted by atomic mass is 9.76. The number of piperidine rings is 1. The number of likely N-dealkylation sites (tertiary alicyclic amines) is 1. The summed E-state index contributed by atoms with van der Waals surface area (Å²) >= 11 is 0. The predicted molar refractivity (Wildman–Crippen MR) is 171 cm³/mol. The number of nitrogens with zero attached hydrogens (tertiary/aromatic N) is 1. The maximum Gasteiger partial charge on any atom is 0.329 e. The molecule has 0 bridgehead atoms. The molecule has 2 N–H and O–H groups in total. The molecule has 2 heterocycles. The highest BCUT2D eigenvalue weighted by molar-refractivity contribution is 6.39. The van der Waals surface area contributed by atoms with Gasteiger partial charge in [-0.1, -0.05) is 65.0 Å². The molecule has 2 aliphatic rings. The van der Waals surface area contributed by atoms with Crippen molar-refractivity contribution in [3.05, 3.63) is 36.0 Å². The Morgan fingerprint density at radius 1 is 1.04 bits per heavy atom. The van der Waals surface area contributed by atoms with Crippen molar-refractivity contribution in [2.45, 2.75) is 110 Å². The number of Topliss-reactive ketones (excluding diaryl/α,β-unsaturated/α-hetero) is 2. The Morgan fingerprint density at radius 2 is 1.73 bits per heavy atom. The van der Waals surface area contributed by atoms with Gasteiger partial charge in [-0.05, 0) is 62.9 Å². The summed E-state index contributed by atoms with van der Waals surface area (Å²) in [5.74, 6) is -6.46. The summed E-state index contributed by atoms with van der Waals surface area (Å²) in [6.45, 7) is 11.3. The number of hydrogen-bond acceptors (Lipinski definition) is 8. The number of aliphatic hydroxyl groups is 1. The molecule has 2 aliphatic heterocycles. The van der Waals surface area contributed by atoms with E-state index in [0.717, 1.165) is 16.9 Å². The van der Waals surface area contributed by atoms with Gasteiger partial charge in [-0.25, -0.2) is 4.79 Å². The maximum absolute atomic E-state index is 13.6.